The zero-order valence-corrected chi connectivity index (χ0v) is 85.9. The van der Waals surface area contributed by atoms with Gasteiger partial charge in [-0.05, 0) is 178 Å². The second-order valence-electron chi connectivity index (χ2n) is 40.0. The number of carbonyl (C=O) groups excluding carboxylic acids is 8. The highest BCUT2D eigenvalue weighted by Crippen LogP contribution is 2.36. The molecule has 7 aromatic carbocycles. The van der Waals surface area contributed by atoms with Crippen LogP contribution in [0.4, 0.5) is 36.2 Å². The number of hydrogen-bond acceptors (Lipinski definition) is 28. The monoisotopic (exact) mass is 1890 g/mol. The molecule has 0 aliphatic heterocycles. The van der Waals surface area contributed by atoms with Crippen molar-refractivity contribution in [2.75, 3.05) is 49.9 Å². The highest BCUT2D eigenvalue weighted by atomic mass is 16.6. The molecule has 0 spiro atoms. The van der Waals surface area contributed by atoms with Gasteiger partial charge in [-0.25, -0.2) is 19.2 Å². The number of rotatable bonds is 20. The van der Waals surface area contributed by atoms with E-state index in [1.165, 1.54) is 26.6 Å². The minimum Gasteiger partial charge on any atom is -0.444 e. The number of hydrogen-bond donors (Lipinski definition) is 3. The predicted molar refractivity (Wildman–Crippen MR) is 535 cm³/mol. The van der Waals surface area contributed by atoms with E-state index in [1.54, 1.807) is 132 Å². The summed E-state index contributed by atoms with van der Waals surface area (Å²) in [5.74, 6) is 1.54. The van der Waals surface area contributed by atoms with Gasteiger partial charge in [-0.1, -0.05) is 209 Å². The molecule has 7 amide bonds. The molecule has 4 aromatic heterocycles. The van der Waals surface area contributed by atoms with Crippen molar-refractivity contribution >= 4 is 64.9 Å². The zero-order valence-electron chi connectivity index (χ0n) is 85.9. The number of benzene rings is 7. The van der Waals surface area contributed by atoms with Gasteiger partial charge in [0, 0.05) is 114 Å². The second-order valence-corrected chi connectivity index (χ2v) is 40.0. The lowest BCUT2D eigenvalue weighted by molar-refractivity contribution is -0.127. The first-order chi connectivity index (χ1) is 64.4. The summed E-state index contributed by atoms with van der Waals surface area (Å²) < 4.78 is 22.0. The van der Waals surface area contributed by atoms with Gasteiger partial charge in [0.25, 0.3) is 5.91 Å². The van der Waals surface area contributed by atoms with Crippen molar-refractivity contribution in [3.8, 4) is 68.3 Å². The third kappa shape index (κ3) is 36.9. The van der Waals surface area contributed by atoms with E-state index < -0.39 is 69.7 Å². The van der Waals surface area contributed by atoms with Gasteiger partial charge in [0.05, 0.1) is 17.3 Å². The number of likely N-dealkylation sites (N-methyl/N-ethyl adjacent to an activating group) is 2. The largest absolute Gasteiger partial charge is 0.444 e. The molecule has 138 heavy (non-hydrogen) atoms. The summed E-state index contributed by atoms with van der Waals surface area (Å²) in [6.07, 6.45) is -1.78. The molecule has 2 atom stereocenters. The van der Waals surface area contributed by atoms with E-state index in [0.29, 0.717) is 74.9 Å². The second kappa shape index (κ2) is 49.3. The average Bonchev–Trinajstić information content (AvgIpc) is 0.792. The van der Waals surface area contributed by atoms with Gasteiger partial charge in [0.2, 0.25) is 46.8 Å². The Kier molecular flexibility index (Phi) is 40.1. The van der Waals surface area contributed by atoms with Gasteiger partial charge >= 0.3 is 24.4 Å². The third-order valence-electron chi connectivity index (χ3n) is 18.4. The molecule has 0 aliphatic rings. The Morgan fingerprint density at radius 3 is 1.05 bits per heavy atom. The Labute approximate surface area is 811 Å². The van der Waals surface area contributed by atoms with Crippen LogP contribution in [0.5, 0.6) is 0 Å². The van der Waals surface area contributed by atoms with Gasteiger partial charge in [-0.3, -0.25) is 33.9 Å². The summed E-state index contributed by atoms with van der Waals surface area (Å²) in [6.45, 7) is 52.6. The van der Waals surface area contributed by atoms with Gasteiger partial charge in [-0.2, -0.15) is 0 Å². The van der Waals surface area contributed by atoms with Crippen LogP contribution in [0.2, 0.25) is 0 Å². The van der Waals surface area contributed by atoms with Crippen molar-refractivity contribution in [2.24, 2.45) is 10.8 Å². The van der Waals surface area contributed by atoms with E-state index in [-0.39, 0.29) is 64.9 Å². The highest BCUT2D eigenvalue weighted by molar-refractivity contribution is 6.02. The number of anilines is 3. The molecular weight excluding hydrogens is 1750 g/mol. The van der Waals surface area contributed by atoms with E-state index in [4.69, 9.17) is 18.9 Å². The van der Waals surface area contributed by atoms with Crippen LogP contribution in [0, 0.1) is 10.8 Å². The maximum absolute atomic E-state index is 12.9. The van der Waals surface area contributed by atoms with Crippen LogP contribution in [0.25, 0.3) is 68.3 Å². The standard InChI is InChI=1S/C27H34N6O3.C26H31N5O3.C25H30N6O3.C21H30N6O3.2C2H6/c1-26(2,3)28-24(34)20-15-13-18(14-16-20)21(17-33(7)25(35)36-27(4,5)6)23-31-29-22(30-32-23)19-11-9-8-10-12-19;1-25(2,3)16-21(32)18-13-14-19(20(15-18)31(7)24(33)34-26(4,5)6)23-29-27-22(28-30-23)17-11-9-8-10-12-17;1-24(2,3)22(32)26-17-13-14-18(19(15-17)31(7)23(33)34-25(4,5)6)21-29-27-20(28-30-21)16-11-9-8-10-12-16;1-20(2,3)22-18(28)15(27(7)19(29)30-21(4,5)6)13-16-23-25-17(26-24-16)14-11-9-8-10-12-14;2*1-2/h8-16,21H,17H2,1-7H3,(H,28,34);8-15H,16H2,1-7H3;8-15H,1-7H3,(H,26,32);8-12,15H,13H2,1-7H3,(H,22,28);2*1-2H3. The fourth-order valence-corrected chi connectivity index (χ4v) is 12.0. The molecule has 0 aliphatic carbocycles. The lowest BCUT2D eigenvalue weighted by atomic mass is 9.87. The Balaban J connectivity index is 0.000000279. The van der Waals surface area contributed by atoms with Crippen molar-refractivity contribution in [1.82, 2.24) is 102 Å². The molecule has 3 N–H and O–H groups in total. The first-order valence-corrected chi connectivity index (χ1v) is 45.6. The lowest BCUT2D eigenvalue weighted by Crippen LogP contribution is -2.54. The minimum atomic E-state index is -0.884. The van der Waals surface area contributed by atoms with Gasteiger partial charge < -0.3 is 39.8 Å². The van der Waals surface area contributed by atoms with Crippen molar-refractivity contribution < 1.29 is 57.3 Å². The van der Waals surface area contributed by atoms with Crippen LogP contribution in [-0.2, 0) is 35.0 Å². The van der Waals surface area contributed by atoms with Crippen molar-refractivity contribution in [1.29, 1.82) is 0 Å². The zero-order chi connectivity index (χ0) is 103. The number of amides is 7. The number of ketones is 1. The summed E-state index contributed by atoms with van der Waals surface area (Å²) in [5.41, 5.74) is 3.21. The summed E-state index contributed by atoms with van der Waals surface area (Å²) in [5, 5.41) is 76.2. The van der Waals surface area contributed by atoms with E-state index >= 15 is 0 Å². The molecule has 35 heteroatoms. The predicted octanol–water partition coefficient (Wildman–Crippen LogP) is 19.7. The van der Waals surface area contributed by atoms with E-state index in [0.717, 1.165) is 27.8 Å². The van der Waals surface area contributed by atoms with Crippen LogP contribution in [-0.4, -0.2) is 214 Å². The maximum atomic E-state index is 12.9. The van der Waals surface area contributed by atoms with Crippen molar-refractivity contribution in [2.45, 2.75) is 252 Å². The van der Waals surface area contributed by atoms with Crippen LogP contribution >= 0.6 is 0 Å². The first-order valence-electron chi connectivity index (χ1n) is 45.6. The van der Waals surface area contributed by atoms with Crippen LogP contribution in [0.3, 0.4) is 0 Å². The molecule has 0 saturated carbocycles. The van der Waals surface area contributed by atoms with Gasteiger partial charge in [0.15, 0.2) is 17.4 Å². The Morgan fingerprint density at radius 1 is 0.355 bits per heavy atom. The average molecular weight is 1890 g/mol. The number of ether oxygens (including phenoxy) is 4. The molecule has 11 rings (SSSR count). The smallest absolute Gasteiger partial charge is 0.414 e. The summed E-state index contributed by atoms with van der Waals surface area (Å²) in [4.78, 5) is 107. The molecule has 2 unspecified atom stereocenters. The van der Waals surface area contributed by atoms with Crippen molar-refractivity contribution in [3.63, 3.8) is 0 Å². The lowest BCUT2D eigenvalue weighted by Gasteiger charge is -2.31. The van der Waals surface area contributed by atoms with Crippen LogP contribution in [0.1, 0.15) is 244 Å². The molecule has 35 nitrogen and oxygen atoms in total. The van der Waals surface area contributed by atoms with E-state index in [9.17, 15) is 38.4 Å². The van der Waals surface area contributed by atoms with Crippen molar-refractivity contribution in [3.05, 3.63) is 210 Å². The molecule has 0 saturated heterocycles. The molecule has 0 bridgehead atoms. The maximum Gasteiger partial charge on any atom is 0.414 e. The summed E-state index contributed by atoms with van der Waals surface area (Å²) >= 11 is 0. The van der Waals surface area contributed by atoms with Gasteiger partial charge in [0.1, 0.15) is 28.4 Å². The normalized spacial score (nSPS) is 11.9. The third-order valence-corrected chi connectivity index (χ3v) is 18.4. The van der Waals surface area contributed by atoms with E-state index in [2.05, 4.69) is 97.5 Å². The number of Topliss-reactive ketones (excluding diaryl/α,β-unsaturated/α-hetero) is 1. The van der Waals surface area contributed by atoms with E-state index in [1.807, 2.05) is 265 Å². The molecular formula is C103H137N23O12. The minimum absolute atomic E-state index is 0.0190. The SMILES string of the molecule is CC.CC.CN(C(=O)OC(C)(C)C)C(Cc1nnc(-c2ccccc2)nn1)C(=O)NC(C)(C)C.CN(C(=O)OC(C)(C)C)c1cc(C(=O)CC(C)(C)C)ccc1-c1nnc(-c2ccccc2)nn1.CN(C(=O)OC(C)(C)C)c1cc(NC(=O)C(C)(C)C)ccc1-c1nnc(-c2ccccc2)nn1.CN(CC(c1ccc(C(=O)NC(C)(C)C)cc1)c1nnc(-c2ccccc2)nn1)C(=O)OC(C)(C)C. The number of aromatic nitrogens is 16. The molecule has 4 heterocycles. The quantitative estimate of drug-likeness (QED) is 0.0471. The van der Waals surface area contributed by atoms with Gasteiger partial charge in [-0.15, -0.1) is 81.6 Å². The molecule has 0 radical (unpaired) electrons. The Morgan fingerprint density at radius 2 is 0.688 bits per heavy atom. The van der Waals surface area contributed by atoms with Crippen LogP contribution < -0.4 is 25.8 Å². The summed E-state index contributed by atoms with van der Waals surface area (Å²) in [6, 6.07) is 54.1. The number of nitrogens with zero attached hydrogens (tertiary/aromatic N) is 20. The Bertz CT molecular complexity index is 5780. The fraction of sp³-hybridized carbons (Fsp3) is 0.437. The number of carbonyl (C=O) groups is 8. The highest BCUT2D eigenvalue weighted by Gasteiger charge is 2.36. The number of nitrogens with one attached hydrogen (secondary N) is 3. The Hall–Kier alpha value is -14.5. The fourth-order valence-electron chi connectivity index (χ4n) is 12.0. The van der Waals surface area contributed by atoms with Crippen LogP contribution in [0.15, 0.2) is 182 Å². The summed E-state index contributed by atoms with van der Waals surface area (Å²) in [7, 11) is 6.34. The first kappa shape index (κ1) is 112. The molecule has 0 fully saturated rings. The molecule has 736 valence electrons. The topological polar surface area (TPSA) is 429 Å². The molecule has 11 aromatic rings.